The number of esters is 1. The van der Waals surface area contributed by atoms with Gasteiger partial charge in [0.05, 0.1) is 24.3 Å². The van der Waals surface area contributed by atoms with Gasteiger partial charge < -0.3 is 14.8 Å². The highest BCUT2D eigenvalue weighted by molar-refractivity contribution is 6.21. The lowest BCUT2D eigenvalue weighted by Crippen LogP contribution is -2.37. The molecule has 0 radical (unpaired) electrons. The van der Waals surface area contributed by atoms with Gasteiger partial charge in [0.25, 0.3) is 17.7 Å². The summed E-state index contributed by atoms with van der Waals surface area (Å²) in [7, 11) is 0. The van der Waals surface area contributed by atoms with Crippen LogP contribution in [-0.4, -0.2) is 47.3 Å². The summed E-state index contributed by atoms with van der Waals surface area (Å²) in [6.45, 7) is 3.62. The Morgan fingerprint density at radius 2 is 1.75 bits per heavy atom. The van der Waals surface area contributed by atoms with Crippen molar-refractivity contribution in [2.45, 2.75) is 45.4 Å². The number of benzene rings is 2. The van der Waals surface area contributed by atoms with Gasteiger partial charge >= 0.3 is 5.97 Å². The van der Waals surface area contributed by atoms with Crippen LogP contribution in [-0.2, 0) is 16.1 Å². The molecular formula is C24H24N2O6. The van der Waals surface area contributed by atoms with Crippen LogP contribution in [0.2, 0.25) is 0 Å². The Labute approximate surface area is 185 Å². The van der Waals surface area contributed by atoms with Gasteiger partial charge in [0, 0.05) is 6.04 Å². The van der Waals surface area contributed by atoms with Crippen LogP contribution in [0.1, 0.15) is 63.3 Å². The Morgan fingerprint density at radius 1 is 1.09 bits per heavy atom. The SMILES string of the molecule is CCOc1ccc(CN2C(=O)c3ccccc3C2=O)cc1C(=O)O[C@@H](C)C(=O)NC1CC1. The van der Waals surface area contributed by atoms with Gasteiger partial charge in [0.2, 0.25) is 0 Å². The molecule has 1 saturated carbocycles. The number of rotatable bonds is 8. The van der Waals surface area contributed by atoms with E-state index in [4.69, 9.17) is 9.47 Å². The van der Waals surface area contributed by atoms with Gasteiger partial charge in [-0.2, -0.15) is 0 Å². The minimum Gasteiger partial charge on any atom is -0.493 e. The molecule has 8 nitrogen and oxygen atoms in total. The van der Waals surface area contributed by atoms with Gasteiger partial charge in [-0.15, -0.1) is 0 Å². The first-order valence-electron chi connectivity index (χ1n) is 10.6. The Hall–Kier alpha value is -3.68. The van der Waals surface area contributed by atoms with E-state index >= 15 is 0 Å². The summed E-state index contributed by atoms with van der Waals surface area (Å²) < 4.78 is 10.9. The second kappa shape index (κ2) is 8.82. The molecule has 2 aromatic rings. The van der Waals surface area contributed by atoms with E-state index in [0.717, 1.165) is 17.7 Å². The molecule has 1 aliphatic heterocycles. The predicted molar refractivity (Wildman–Crippen MR) is 114 cm³/mol. The standard InChI is InChI=1S/C24H24N2O6/c1-3-31-20-11-8-15(13-26-22(28)17-6-4-5-7-18(17)23(26)29)12-19(20)24(30)32-14(2)21(27)25-16-9-10-16/h4-8,11-12,14,16H,3,9-10,13H2,1-2H3,(H,25,27)/t14-/m0/s1. The molecule has 2 aromatic carbocycles. The number of hydrogen-bond acceptors (Lipinski definition) is 6. The molecule has 32 heavy (non-hydrogen) atoms. The van der Waals surface area contributed by atoms with Crippen LogP contribution in [0.3, 0.4) is 0 Å². The predicted octanol–water partition coefficient (Wildman–Crippen LogP) is 2.71. The third kappa shape index (κ3) is 4.34. The van der Waals surface area contributed by atoms with E-state index in [1.54, 1.807) is 43.3 Å². The van der Waals surface area contributed by atoms with Crippen LogP contribution in [0, 0.1) is 0 Å². The van der Waals surface area contributed by atoms with E-state index in [2.05, 4.69) is 5.32 Å². The summed E-state index contributed by atoms with van der Waals surface area (Å²) in [6.07, 6.45) is 0.902. The van der Waals surface area contributed by atoms with Crippen molar-refractivity contribution in [1.29, 1.82) is 0 Å². The lowest BCUT2D eigenvalue weighted by atomic mass is 10.1. The lowest BCUT2D eigenvalue weighted by Gasteiger charge is -2.17. The maximum Gasteiger partial charge on any atom is 0.342 e. The first kappa shape index (κ1) is 21.5. The third-order valence-electron chi connectivity index (χ3n) is 5.36. The van der Waals surface area contributed by atoms with Gasteiger partial charge in [0.1, 0.15) is 11.3 Å². The summed E-state index contributed by atoms with van der Waals surface area (Å²) in [5, 5.41) is 2.80. The van der Waals surface area contributed by atoms with Crippen molar-refractivity contribution in [3.63, 3.8) is 0 Å². The summed E-state index contributed by atoms with van der Waals surface area (Å²) in [4.78, 5) is 51.4. The molecular weight excluding hydrogens is 412 g/mol. The minimum absolute atomic E-state index is 0.00322. The second-order valence-electron chi connectivity index (χ2n) is 7.84. The number of amides is 3. The summed E-state index contributed by atoms with van der Waals surface area (Å²) in [5.74, 6) is -1.52. The highest BCUT2D eigenvalue weighted by Crippen LogP contribution is 2.27. The minimum atomic E-state index is -0.961. The highest BCUT2D eigenvalue weighted by atomic mass is 16.5. The number of ether oxygens (including phenoxy) is 2. The molecule has 2 aliphatic rings. The number of fused-ring (bicyclic) bond motifs is 1. The van der Waals surface area contributed by atoms with Crippen LogP contribution in [0.4, 0.5) is 0 Å². The van der Waals surface area contributed by atoms with E-state index in [1.807, 2.05) is 0 Å². The van der Waals surface area contributed by atoms with E-state index in [1.165, 1.54) is 13.0 Å². The fourth-order valence-corrected chi connectivity index (χ4v) is 3.51. The molecule has 1 aliphatic carbocycles. The van der Waals surface area contributed by atoms with Crippen molar-refractivity contribution in [2.75, 3.05) is 6.61 Å². The molecule has 0 aromatic heterocycles. The van der Waals surface area contributed by atoms with E-state index in [0.29, 0.717) is 29.0 Å². The lowest BCUT2D eigenvalue weighted by molar-refractivity contribution is -0.129. The number of carbonyl (C=O) groups excluding carboxylic acids is 4. The smallest absolute Gasteiger partial charge is 0.342 e. The summed E-state index contributed by atoms with van der Waals surface area (Å²) in [5.41, 5.74) is 1.41. The van der Waals surface area contributed by atoms with E-state index in [-0.39, 0.29) is 35.9 Å². The van der Waals surface area contributed by atoms with Gasteiger partial charge in [-0.3, -0.25) is 19.3 Å². The molecule has 1 fully saturated rings. The van der Waals surface area contributed by atoms with E-state index < -0.39 is 12.1 Å². The van der Waals surface area contributed by atoms with Gasteiger partial charge in [-0.1, -0.05) is 18.2 Å². The molecule has 4 rings (SSSR count). The number of nitrogens with zero attached hydrogens (tertiary/aromatic N) is 1. The molecule has 3 amide bonds. The first-order valence-corrected chi connectivity index (χ1v) is 10.6. The molecule has 8 heteroatoms. The van der Waals surface area contributed by atoms with Crippen molar-refractivity contribution in [2.24, 2.45) is 0 Å². The Morgan fingerprint density at radius 3 is 2.34 bits per heavy atom. The van der Waals surface area contributed by atoms with Crippen molar-refractivity contribution < 1.29 is 28.7 Å². The van der Waals surface area contributed by atoms with Crippen LogP contribution in [0.15, 0.2) is 42.5 Å². The van der Waals surface area contributed by atoms with Gasteiger partial charge in [-0.25, -0.2) is 4.79 Å². The summed E-state index contributed by atoms with van der Waals surface area (Å²) >= 11 is 0. The maximum absolute atomic E-state index is 12.8. The highest BCUT2D eigenvalue weighted by Gasteiger charge is 2.35. The van der Waals surface area contributed by atoms with Crippen molar-refractivity contribution in [3.8, 4) is 5.75 Å². The number of hydrogen-bond donors (Lipinski definition) is 1. The number of imide groups is 1. The first-order chi connectivity index (χ1) is 15.4. The fourth-order valence-electron chi connectivity index (χ4n) is 3.51. The van der Waals surface area contributed by atoms with Gasteiger partial charge in [0.15, 0.2) is 6.10 Å². The molecule has 1 atom stereocenters. The largest absolute Gasteiger partial charge is 0.493 e. The van der Waals surface area contributed by atoms with Crippen molar-refractivity contribution in [3.05, 3.63) is 64.7 Å². The molecule has 1 heterocycles. The average Bonchev–Trinajstić information content (AvgIpc) is 3.57. The van der Waals surface area contributed by atoms with Crippen molar-refractivity contribution in [1.82, 2.24) is 10.2 Å². The zero-order valence-electron chi connectivity index (χ0n) is 17.9. The van der Waals surface area contributed by atoms with Crippen LogP contribution in [0.25, 0.3) is 0 Å². The van der Waals surface area contributed by atoms with Crippen LogP contribution >= 0.6 is 0 Å². The quantitative estimate of drug-likeness (QED) is 0.504. The number of carbonyl (C=O) groups is 4. The Bertz CT molecular complexity index is 1060. The molecule has 166 valence electrons. The fraction of sp³-hybridized carbons (Fsp3) is 0.333. The third-order valence-corrected chi connectivity index (χ3v) is 5.36. The molecule has 0 saturated heterocycles. The molecule has 0 bridgehead atoms. The number of nitrogens with one attached hydrogen (secondary N) is 1. The average molecular weight is 436 g/mol. The second-order valence-corrected chi connectivity index (χ2v) is 7.84. The van der Waals surface area contributed by atoms with Gasteiger partial charge in [-0.05, 0) is 56.5 Å². The molecule has 1 N–H and O–H groups in total. The molecule has 0 unspecified atom stereocenters. The van der Waals surface area contributed by atoms with Crippen molar-refractivity contribution >= 4 is 23.7 Å². The van der Waals surface area contributed by atoms with E-state index in [9.17, 15) is 19.2 Å². The monoisotopic (exact) mass is 436 g/mol. The zero-order valence-corrected chi connectivity index (χ0v) is 17.9. The maximum atomic E-state index is 12.8. The topological polar surface area (TPSA) is 102 Å². The van der Waals surface area contributed by atoms with Crippen LogP contribution < -0.4 is 10.1 Å². The Balaban J connectivity index is 1.53. The molecule has 0 spiro atoms. The van der Waals surface area contributed by atoms with Crippen LogP contribution in [0.5, 0.6) is 5.75 Å². The summed E-state index contributed by atoms with van der Waals surface area (Å²) in [6, 6.07) is 11.6. The normalized spacial score (nSPS) is 15.9. The Kier molecular flexibility index (Phi) is 5.94. The zero-order chi connectivity index (χ0) is 22.8.